The van der Waals surface area contributed by atoms with E-state index in [1.165, 1.54) is 7.11 Å². The molecule has 0 aliphatic carbocycles. The van der Waals surface area contributed by atoms with Gasteiger partial charge in [0.15, 0.2) is 28.8 Å². The zero-order chi connectivity index (χ0) is 16.7. The maximum atomic E-state index is 12.9. The molecule has 6 heteroatoms. The van der Waals surface area contributed by atoms with Crippen LogP contribution in [0.1, 0.15) is 21.8 Å². The van der Waals surface area contributed by atoms with Crippen LogP contribution in [0, 0.1) is 0 Å². The van der Waals surface area contributed by atoms with Gasteiger partial charge in [-0.15, -0.1) is 0 Å². The van der Waals surface area contributed by atoms with Crippen molar-refractivity contribution in [1.82, 2.24) is 0 Å². The van der Waals surface area contributed by atoms with Gasteiger partial charge in [0.1, 0.15) is 12.4 Å². The molecule has 2 aromatic rings. The summed E-state index contributed by atoms with van der Waals surface area (Å²) in [6.45, 7) is 0.467. The van der Waals surface area contributed by atoms with Crippen LogP contribution < -0.4 is 23.7 Å². The van der Waals surface area contributed by atoms with E-state index in [1.807, 2.05) is 18.2 Å². The van der Waals surface area contributed by atoms with E-state index in [4.69, 9.17) is 23.7 Å². The zero-order valence-corrected chi connectivity index (χ0v) is 13.3. The van der Waals surface area contributed by atoms with Gasteiger partial charge >= 0.3 is 0 Å². The SMILES string of the molecule is COc1cc2c(cc1OC)C(=O)[C@@H](c1ccc3c(c1)OCO3)CO2. The topological polar surface area (TPSA) is 63.2 Å². The quantitative estimate of drug-likeness (QED) is 0.863. The van der Waals surface area contributed by atoms with Crippen molar-refractivity contribution in [2.75, 3.05) is 27.6 Å². The molecule has 2 aliphatic rings. The highest BCUT2D eigenvalue weighted by atomic mass is 16.7. The summed E-state index contributed by atoms with van der Waals surface area (Å²) >= 11 is 0. The molecule has 1 atom stereocenters. The Bertz CT molecular complexity index is 813. The number of hydrogen-bond acceptors (Lipinski definition) is 6. The molecule has 6 nitrogen and oxygen atoms in total. The van der Waals surface area contributed by atoms with Crippen molar-refractivity contribution < 1.29 is 28.5 Å². The number of carbonyl (C=O) groups excluding carboxylic acids is 1. The molecule has 0 radical (unpaired) electrons. The molecule has 0 bridgehead atoms. The van der Waals surface area contributed by atoms with Crippen LogP contribution in [0.4, 0.5) is 0 Å². The number of ketones is 1. The van der Waals surface area contributed by atoms with E-state index in [0.717, 1.165) is 5.56 Å². The van der Waals surface area contributed by atoms with Crippen LogP contribution in [-0.2, 0) is 0 Å². The van der Waals surface area contributed by atoms with Crippen molar-refractivity contribution in [3.8, 4) is 28.7 Å². The zero-order valence-electron chi connectivity index (χ0n) is 13.3. The van der Waals surface area contributed by atoms with Crippen LogP contribution in [0.5, 0.6) is 28.7 Å². The summed E-state index contributed by atoms with van der Waals surface area (Å²) in [5.74, 6) is 2.47. The first-order chi connectivity index (χ1) is 11.7. The minimum absolute atomic E-state index is 0.0175. The van der Waals surface area contributed by atoms with Gasteiger partial charge < -0.3 is 23.7 Å². The lowest BCUT2D eigenvalue weighted by Crippen LogP contribution is -2.26. The van der Waals surface area contributed by atoms with Gasteiger partial charge in [0.2, 0.25) is 6.79 Å². The number of fused-ring (bicyclic) bond motifs is 2. The summed E-state index contributed by atoms with van der Waals surface area (Å²) in [6.07, 6.45) is 0. The monoisotopic (exact) mass is 328 g/mol. The Hall–Kier alpha value is -2.89. The van der Waals surface area contributed by atoms with Crippen LogP contribution in [0.15, 0.2) is 30.3 Å². The summed E-state index contributed by atoms with van der Waals surface area (Å²) < 4.78 is 27.0. The van der Waals surface area contributed by atoms with E-state index in [1.54, 1.807) is 19.2 Å². The standard InChI is InChI=1S/C18H16O6/c1-20-15-6-11-14(7-16(15)21-2)22-8-12(18(11)19)10-3-4-13-17(5-10)24-9-23-13/h3-7,12H,8-9H2,1-2H3/t12-/m1/s1. The molecule has 4 rings (SSSR count). The average molecular weight is 328 g/mol. The first kappa shape index (κ1) is 14.7. The molecule has 0 fully saturated rings. The fourth-order valence-electron chi connectivity index (χ4n) is 2.99. The van der Waals surface area contributed by atoms with E-state index in [0.29, 0.717) is 34.3 Å². The maximum Gasteiger partial charge on any atom is 0.231 e. The predicted octanol–water partition coefficient (Wildman–Crippen LogP) is 2.79. The molecule has 124 valence electrons. The number of benzene rings is 2. The second-order valence-electron chi connectivity index (χ2n) is 5.54. The van der Waals surface area contributed by atoms with Gasteiger partial charge in [-0.25, -0.2) is 0 Å². The van der Waals surface area contributed by atoms with Gasteiger partial charge in [-0.1, -0.05) is 6.07 Å². The second-order valence-corrected chi connectivity index (χ2v) is 5.54. The molecular weight excluding hydrogens is 312 g/mol. The Morgan fingerprint density at radius 2 is 1.67 bits per heavy atom. The van der Waals surface area contributed by atoms with Crippen LogP contribution in [0.3, 0.4) is 0 Å². The average Bonchev–Trinajstić information content (AvgIpc) is 3.08. The largest absolute Gasteiger partial charge is 0.493 e. The smallest absolute Gasteiger partial charge is 0.231 e. The van der Waals surface area contributed by atoms with E-state index >= 15 is 0 Å². The minimum atomic E-state index is -0.398. The summed E-state index contributed by atoms with van der Waals surface area (Å²) in [4.78, 5) is 12.9. The Balaban J connectivity index is 1.71. The molecule has 2 aromatic carbocycles. The highest BCUT2D eigenvalue weighted by Gasteiger charge is 2.32. The summed E-state index contributed by atoms with van der Waals surface area (Å²) in [6, 6.07) is 8.86. The summed E-state index contributed by atoms with van der Waals surface area (Å²) in [7, 11) is 3.08. The molecule has 2 aliphatic heterocycles. The fraction of sp³-hybridized carbons (Fsp3) is 0.278. The van der Waals surface area contributed by atoms with Gasteiger partial charge in [-0.2, -0.15) is 0 Å². The molecule has 0 amide bonds. The third kappa shape index (κ3) is 2.22. The van der Waals surface area contributed by atoms with Crippen LogP contribution in [0.2, 0.25) is 0 Å². The molecule has 0 saturated heterocycles. The van der Waals surface area contributed by atoms with Gasteiger partial charge in [0, 0.05) is 6.07 Å². The number of hydrogen-bond donors (Lipinski definition) is 0. The van der Waals surface area contributed by atoms with Crippen molar-refractivity contribution in [2.24, 2.45) is 0 Å². The molecule has 0 unspecified atom stereocenters. The highest BCUT2D eigenvalue weighted by molar-refractivity contribution is 6.05. The normalized spacial score (nSPS) is 17.9. The van der Waals surface area contributed by atoms with Crippen molar-refractivity contribution in [3.63, 3.8) is 0 Å². The van der Waals surface area contributed by atoms with Gasteiger partial charge in [0.05, 0.1) is 25.7 Å². The Labute approximate surface area is 138 Å². The molecular formula is C18H16O6. The number of rotatable bonds is 3. The van der Waals surface area contributed by atoms with E-state index < -0.39 is 5.92 Å². The van der Waals surface area contributed by atoms with E-state index in [-0.39, 0.29) is 19.2 Å². The van der Waals surface area contributed by atoms with E-state index in [2.05, 4.69) is 0 Å². The second kappa shape index (κ2) is 5.63. The molecule has 0 N–H and O–H groups in total. The lowest BCUT2D eigenvalue weighted by Gasteiger charge is -2.25. The van der Waals surface area contributed by atoms with Crippen molar-refractivity contribution in [2.45, 2.75) is 5.92 Å². The summed E-state index contributed by atoms with van der Waals surface area (Å²) in [5, 5.41) is 0. The molecule has 0 aromatic heterocycles. The van der Waals surface area contributed by atoms with Gasteiger partial charge in [-0.3, -0.25) is 4.79 Å². The van der Waals surface area contributed by atoms with Crippen molar-refractivity contribution >= 4 is 5.78 Å². The van der Waals surface area contributed by atoms with Crippen LogP contribution in [0.25, 0.3) is 0 Å². The van der Waals surface area contributed by atoms with Gasteiger partial charge in [0.25, 0.3) is 0 Å². The Morgan fingerprint density at radius 1 is 0.917 bits per heavy atom. The number of carbonyl (C=O) groups is 1. The predicted molar refractivity (Wildman–Crippen MR) is 84.7 cm³/mol. The maximum absolute atomic E-state index is 12.9. The first-order valence-corrected chi connectivity index (χ1v) is 7.54. The third-order valence-corrected chi connectivity index (χ3v) is 4.27. The highest BCUT2D eigenvalue weighted by Crippen LogP contribution is 2.41. The van der Waals surface area contributed by atoms with Crippen molar-refractivity contribution in [3.05, 3.63) is 41.5 Å². The number of ether oxygens (including phenoxy) is 5. The number of Topliss-reactive ketones (excluding diaryl/α,β-unsaturated/α-hetero) is 1. The third-order valence-electron chi connectivity index (χ3n) is 4.27. The molecule has 2 heterocycles. The number of methoxy groups -OCH3 is 2. The first-order valence-electron chi connectivity index (χ1n) is 7.54. The molecule has 24 heavy (non-hydrogen) atoms. The summed E-state index contributed by atoms with van der Waals surface area (Å²) in [5.41, 5.74) is 1.33. The van der Waals surface area contributed by atoms with Gasteiger partial charge in [-0.05, 0) is 23.8 Å². The molecule has 0 saturated carbocycles. The van der Waals surface area contributed by atoms with Crippen LogP contribution in [-0.4, -0.2) is 33.4 Å². The van der Waals surface area contributed by atoms with Crippen molar-refractivity contribution in [1.29, 1.82) is 0 Å². The van der Waals surface area contributed by atoms with Crippen LogP contribution >= 0.6 is 0 Å². The van der Waals surface area contributed by atoms with E-state index in [9.17, 15) is 4.79 Å². The minimum Gasteiger partial charge on any atom is -0.493 e. The lowest BCUT2D eigenvalue weighted by atomic mass is 9.88. The fourth-order valence-corrected chi connectivity index (χ4v) is 2.99. The Morgan fingerprint density at radius 3 is 2.46 bits per heavy atom. The Kier molecular flexibility index (Phi) is 3.45. The lowest BCUT2D eigenvalue weighted by molar-refractivity contribution is 0.0895. The molecule has 0 spiro atoms.